The van der Waals surface area contributed by atoms with Gasteiger partial charge >= 0.3 is 5.97 Å². The topological polar surface area (TPSA) is 42.2 Å². The van der Waals surface area contributed by atoms with Crippen molar-refractivity contribution in [3.63, 3.8) is 0 Å². The van der Waals surface area contributed by atoms with Gasteiger partial charge in [-0.1, -0.05) is 17.7 Å². The third-order valence-corrected chi connectivity index (χ3v) is 4.20. The van der Waals surface area contributed by atoms with Crippen molar-refractivity contribution in [1.82, 2.24) is 4.57 Å². The Hall–Kier alpha value is -1.48. The summed E-state index contributed by atoms with van der Waals surface area (Å²) in [5.74, 6) is -0.730. The zero-order valence-corrected chi connectivity index (χ0v) is 10.9. The summed E-state index contributed by atoms with van der Waals surface area (Å²) in [5, 5.41) is 10.7. The summed E-state index contributed by atoms with van der Waals surface area (Å²) in [6, 6.07) is 6.11. The van der Waals surface area contributed by atoms with Crippen molar-refractivity contribution < 1.29 is 9.90 Å². The molecule has 18 heavy (non-hydrogen) atoms. The maximum atomic E-state index is 10.9. The van der Waals surface area contributed by atoms with Gasteiger partial charge in [0.05, 0.1) is 11.4 Å². The van der Waals surface area contributed by atoms with E-state index in [0.717, 1.165) is 34.3 Å². The smallest absolute Gasteiger partial charge is 0.304 e. The highest BCUT2D eigenvalue weighted by Crippen LogP contribution is 2.51. The number of halogens is 1. The van der Waals surface area contributed by atoms with Gasteiger partial charge in [-0.3, -0.25) is 4.79 Å². The standard InChI is InChI=1S/C14H14ClNO2/c1-16-8-11(15)10-6-9(2-3-12(10)16)14(4-5-14)7-13(17)18/h2-3,6,8H,4-5,7H2,1H3,(H,17,18). The number of rotatable bonds is 3. The van der Waals surface area contributed by atoms with Crippen LogP contribution in [0.1, 0.15) is 24.8 Å². The summed E-state index contributed by atoms with van der Waals surface area (Å²) in [5.41, 5.74) is 2.03. The molecule has 1 heterocycles. The van der Waals surface area contributed by atoms with Crippen molar-refractivity contribution in [3.05, 3.63) is 35.0 Å². The molecule has 1 aromatic heterocycles. The van der Waals surface area contributed by atoms with E-state index in [-0.39, 0.29) is 11.8 Å². The zero-order valence-electron chi connectivity index (χ0n) is 10.1. The monoisotopic (exact) mass is 263 g/mol. The Labute approximate surface area is 110 Å². The molecule has 0 bridgehead atoms. The van der Waals surface area contributed by atoms with Crippen LogP contribution in [0.2, 0.25) is 5.02 Å². The van der Waals surface area contributed by atoms with E-state index < -0.39 is 5.97 Å². The predicted molar refractivity (Wildman–Crippen MR) is 71.1 cm³/mol. The Balaban J connectivity index is 2.09. The molecule has 0 unspecified atom stereocenters. The lowest BCUT2D eigenvalue weighted by Gasteiger charge is -2.13. The minimum absolute atomic E-state index is 0.154. The largest absolute Gasteiger partial charge is 0.481 e. The molecule has 0 spiro atoms. The molecule has 1 saturated carbocycles. The lowest BCUT2D eigenvalue weighted by molar-refractivity contribution is -0.137. The minimum atomic E-state index is -0.730. The molecule has 1 aromatic carbocycles. The summed E-state index contributed by atoms with van der Waals surface area (Å²) in [6.07, 6.45) is 4.00. The van der Waals surface area contributed by atoms with Crippen LogP contribution < -0.4 is 0 Å². The van der Waals surface area contributed by atoms with E-state index in [2.05, 4.69) is 0 Å². The third-order valence-electron chi connectivity index (χ3n) is 3.90. The van der Waals surface area contributed by atoms with Gasteiger partial charge in [-0.2, -0.15) is 0 Å². The molecule has 3 rings (SSSR count). The van der Waals surface area contributed by atoms with Crippen molar-refractivity contribution in [2.24, 2.45) is 7.05 Å². The van der Waals surface area contributed by atoms with E-state index >= 15 is 0 Å². The maximum absolute atomic E-state index is 10.9. The number of carbonyl (C=O) groups is 1. The summed E-state index contributed by atoms with van der Waals surface area (Å²) in [7, 11) is 1.96. The van der Waals surface area contributed by atoms with Gasteiger partial charge in [0, 0.05) is 29.6 Å². The van der Waals surface area contributed by atoms with Gasteiger partial charge in [0.25, 0.3) is 0 Å². The van der Waals surface area contributed by atoms with Gasteiger partial charge in [0.1, 0.15) is 0 Å². The van der Waals surface area contributed by atoms with Gasteiger partial charge in [0.15, 0.2) is 0 Å². The Morgan fingerprint density at radius 1 is 1.50 bits per heavy atom. The average Bonchev–Trinajstić information content (AvgIpc) is 3.02. The number of aryl methyl sites for hydroxylation is 1. The van der Waals surface area contributed by atoms with Gasteiger partial charge in [-0.25, -0.2) is 0 Å². The van der Waals surface area contributed by atoms with Gasteiger partial charge in [-0.15, -0.1) is 0 Å². The van der Waals surface area contributed by atoms with E-state index in [1.54, 1.807) is 0 Å². The van der Waals surface area contributed by atoms with Crippen LogP contribution in [-0.2, 0) is 17.3 Å². The van der Waals surface area contributed by atoms with Crippen LogP contribution in [0.4, 0.5) is 0 Å². The van der Waals surface area contributed by atoms with Gasteiger partial charge in [-0.05, 0) is 30.5 Å². The molecule has 3 nitrogen and oxygen atoms in total. The molecule has 94 valence electrons. The number of hydrogen-bond donors (Lipinski definition) is 1. The quantitative estimate of drug-likeness (QED) is 0.923. The van der Waals surface area contributed by atoms with Gasteiger partial charge in [0.2, 0.25) is 0 Å². The van der Waals surface area contributed by atoms with E-state index in [9.17, 15) is 4.79 Å². The summed E-state index contributed by atoms with van der Waals surface area (Å²) >= 11 is 6.19. The van der Waals surface area contributed by atoms with Crippen LogP contribution in [0.5, 0.6) is 0 Å². The fourth-order valence-corrected chi connectivity index (χ4v) is 2.98. The first-order valence-corrected chi connectivity index (χ1v) is 6.36. The first kappa shape index (κ1) is 11.6. The molecule has 0 atom stereocenters. The van der Waals surface area contributed by atoms with Crippen LogP contribution in [0, 0.1) is 0 Å². The lowest BCUT2D eigenvalue weighted by Crippen LogP contribution is -2.12. The Bertz CT molecular complexity index is 641. The Morgan fingerprint density at radius 3 is 2.83 bits per heavy atom. The molecule has 4 heteroatoms. The van der Waals surface area contributed by atoms with Crippen LogP contribution in [0.15, 0.2) is 24.4 Å². The Kier molecular flexibility index (Phi) is 2.42. The molecule has 0 amide bonds. The number of aromatic nitrogens is 1. The molecule has 1 aliphatic rings. The second-order valence-corrected chi connectivity index (χ2v) is 5.58. The predicted octanol–water partition coefficient (Wildman–Crippen LogP) is 3.34. The number of fused-ring (bicyclic) bond motifs is 1. The lowest BCUT2D eigenvalue weighted by atomic mass is 9.91. The van der Waals surface area contributed by atoms with Crippen molar-refractivity contribution in [1.29, 1.82) is 0 Å². The molecule has 0 aliphatic heterocycles. The third kappa shape index (κ3) is 1.70. The van der Waals surface area contributed by atoms with Crippen molar-refractivity contribution in [2.45, 2.75) is 24.7 Å². The second-order valence-electron chi connectivity index (χ2n) is 5.17. The molecule has 0 saturated heterocycles. The number of carboxylic acids is 1. The van der Waals surface area contributed by atoms with Crippen LogP contribution in [0.3, 0.4) is 0 Å². The fraction of sp³-hybridized carbons (Fsp3) is 0.357. The van der Waals surface area contributed by atoms with Gasteiger partial charge < -0.3 is 9.67 Å². The van der Waals surface area contributed by atoms with Crippen LogP contribution in [0.25, 0.3) is 10.9 Å². The normalized spacial score (nSPS) is 17.0. The molecule has 1 N–H and O–H groups in total. The SMILES string of the molecule is Cn1cc(Cl)c2cc(C3(CC(=O)O)CC3)ccc21. The molecular formula is C14H14ClNO2. The molecule has 2 aromatic rings. The van der Waals surface area contributed by atoms with Crippen molar-refractivity contribution >= 4 is 28.5 Å². The minimum Gasteiger partial charge on any atom is -0.481 e. The number of nitrogens with zero attached hydrogens (tertiary/aromatic N) is 1. The summed E-state index contributed by atoms with van der Waals surface area (Å²) < 4.78 is 1.98. The highest BCUT2D eigenvalue weighted by Gasteiger charge is 2.46. The fourth-order valence-electron chi connectivity index (χ4n) is 2.68. The molecule has 1 fully saturated rings. The molecule has 0 radical (unpaired) electrons. The number of aliphatic carboxylic acids is 1. The maximum Gasteiger partial charge on any atom is 0.304 e. The van der Waals surface area contributed by atoms with Crippen molar-refractivity contribution in [2.75, 3.05) is 0 Å². The van der Waals surface area contributed by atoms with Crippen molar-refractivity contribution in [3.8, 4) is 0 Å². The summed E-state index contributed by atoms with van der Waals surface area (Å²) in [4.78, 5) is 10.9. The molecular weight excluding hydrogens is 250 g/mol. The number of carboxylic acid groups (broad SMARTS) is 1. The first-order valence-electron chi connectivity index (χ1n) is 5.99. The average molecular weight is 264 g/mol. The number of hydrogen-bond acceptors (Lipinski definition) is 1. The van der Waals surface area contributed by atoms with E-state index in [1.165, 1.54) is 0 Å². The highest BCUT2D eigenvalue weighted by atomic mass is 35.5. The van der Waals surface area contributed by atoms with E-state index in [0.29, 0.717) is 0 Å². The van der Waals surface area contributed by atoms with Crippen LogP contribution >= 0.6 is 11.6 Å². The molecule has 1 aliphatic carbocycles. The van der Waals surface area contributed by atoms with Crippen LogP contribution in [-0.4, -0.2) is 15.6 Å². The second kappa shape index (κ2) is 3.75. The number of benzene rings is 1. The highest BCUT2D eigenvalue weighted by molar-refractivity contribution is 6.35. The zero-order chi connectivity index (χ0) is 12.9. The Morgan fingerprint density at radius 2 is 2.22 bits per heavy atom. The first-order chi connectivity index (χ1) is 8.52. The van der Waals surface area contributed by atoms with E-state index in [1.807, 2.05) is 36.0 Å². The van der Waals surface area contributed by atoms with E-state index in [4.69, 9.17) is 16.7 Å². The summed E-state index contributed by atoms with van der Waals surface area (Å²) in [6.45, 7) is 0.